The second-order valence-corrected chi connectivity index (χ2v) is 7.05. The lowest BCUT2D eigenvalue weighted by Gasteiger charge is -2.28. The summed E-state index contributed by atoms with van der Waals surface area (Å²) in [4.78, 5) is 27.2. The number of nitrogens with zero attached hydrogens (tertiary/aromatic N) is 4. The second kappa shape index (κ2) is 9.14. The fraction of sp³-hybridized carbons (Fsp3) is 0.273. The van der Waals surface area contributed by atoms with E-state index in [0.717, 1.165) is 24.3 Å². The molecule has 2 N–H and O–H groups in total. The van der Waals surface area contributed by atoms with E-state index in [0.29, 0.717) is 18.1 Å². The number of benzene rings is 1. The van der Waals surface area contributed by atoms with Crippen molar-refractivity contribution in [2.45, 2.75) is 25.8 Å². The third-order valence-corrected chi connectivity index (χ3v) is 4.94. The van der Waals surface area contributed by atoms with Gasteiger partial charge in [-0.3, -0.25) is 9.78 Å². The van der Waals surface area contributed by atoms with Crippen LogP contribution in [0.2, 0.25) is 0 Å². The molecule has 148 valence electrons. The fourth-order valence-electron chi connectivity index (χ4n) is 3.38. The molecule has 3 heterocycles. The summed E-state index contributed by atoms with van der Waals surface area (Å²) in [5.41, 5.74) is 3.41. The van der Waals surface area contributed by atoms with Crippen molar-refractivity contribution in [1.29, 1.82) is 0 Å². The molecule has 1 aliphatic rings. The Morgan fingerprint density at radius 3 is 2.62 bits per heavy atom. The van der Waals surface area contributed by atoms with Crippen molar-refractivity contribution in [2.24, 2.45) is 0 Å². The number of amides is 1. The number of pyridine rings is 1. The topological polar surface area (TPSA) is 83.0 Å². The van der Waals surface area contributed by atoms with Crippen molar-refractivity contribution >= 4 is 23.1 Å². The maximum atomic E-state index is 12.4. The van der Waals surface area contributed by atoms with E-state index in [-0.39, 0.29) is 5.91 Å². The summed E-state index contributed by atoms with van der Waals surface area (Å²) < 4.78 is 0. The number of nitrogens with one attached hydrogen (secondary N) is 2. The Kier molecular flexibility index (Phi) is 5.95. The monoisotopic (exact) mass is 388 g/mol. The molecule has 29 heavy (non-hydrogen) atoms. The number of hydrogen-bond donors (Lipinski definition) is 2. The Morgan fingerprint density at radius 1 is 1.03 bits per heavy atom. The van der Waals surface area contributed by atoms with Crippen LogP contribution in [0.15, 0.2) is 61.2 Å². The molecule has 1 fully saturated rings. The first-order chi connectivity index (χ1) is 14.3. The van der Waals surface area contributed by atoms with Crippen molar-refractivity contribution < 1.29 is 4.79 Å². The first-order valence-corrected chi connectivity index (χ1v) is 9.89. The first kappa shape index (κ1) is 18.9. The minimum atomic E-state index is -0.250. The van der Waals surface area contributed by atoms with Crippen LogP contribution in [0.25, 0.3) is 0 Å². The molecule has 7 heteroatoms. The molecule has 1 aromatic carbocycles. The van der Waals surface area contributed by atoms with Crippen LogP contribution in [0, 0.1) is 0 Å². The standard InChI is InChI=1S/C22H24N6O/c29-22(24-15-17-5-4-10-23-14-17)20-13-21(26-16-25-20)27-18-6-8-19(9-7-18)28-11-2-1-3-12-28/h4-10,13-14,16H,1-3,11-12,15H2,(H,24,29)(H,25,26,27). The molecular formula is C22H24N6O. The van der Waals surface area contributed by atoms with E-state index < -0.39 is 0 Å². The summed E-state index contributed by atoms with van der Waals surface area (Å²) >= 11 is 0. The average Bonchev–Trinajstić information content (AvgIpc) is 2.79. The van der Waals surface area contributed by atoms with Crippen LogP contribution in [0.5, 0.6) is 0 Å². The van der Waals surface area contributed by atoms with Gasteiger partial charge in [0.1, 0.15) is 17.8 Å². The highest BCUT2D eigenvalue weighted by Gasteiger charge is 2.11. The van der Waals surface area contributed by atoms with E-state index in [2.05, 4.69) is 42.6 Å². The minimum Gasteiger partial charge on any atom is -0.372 e. The minimum absolute atomic E-state index is 0.250. The number of hydrogen-bond acceptors (Lipinski definition) is 6. The van der Waals surface area contributed by atoms with Gasteiger partial charge in [0, 0.05) is 49.5 Å². The second-order valence-electron chi connectivity index (χ2n) is 7.05. The Morgan fingerprint density at radius 2 is 1.86 bits per heavy atom. The molecule has 3 aromatic rings. The third-order valence-electron chi connectivity index (χ3n) is 4.94. The van der Waals surface area contributed by atoms with Crippen molar-refractivity contribution in [1.82, 2.24) is 20.3 Å². The number of rotatable bonds is 6. The Bertz CT molecular complexity index is 939. The van der Waals surface area contributed by atoms with Gasteiger partial charge in [-0.1, -0.05) is 6.07 Å². The lowest BCUT2D eigenvalue weighted by molar-refractivity contribution is 0.0945. The molecule has 0 spiro atoms. The predicted octanol–water partition coefficient (Wildman–Crippen LogP) is 3.54. The van der Waals surface area contributed by atoms with Crippen LogP contribution >= 0.6 is 0 Å². The van der Waals surface area contributed by atoms with Gasteiger partial charge in [-0.05, 0) is 55.2 Å². The van der Waals surface area contributed by atoms with Crippen molar-refractivity contribution in [2.75, 3.05) is 23.3 Å². The number of piperidine rings is 1. The molecule has 0 aliphatic carbocycles. The number of carbonyl (C=O) groups excluding carboxylic acids is 1. The highest BCUT2D eigenvalue weighted by molar-refractivity contribution is 5.92. The van der Waals surface area contributed by atoms with E-state index in [4.69, 9.17) is 0 Å². The summed E-state index contributed by atoms with van der Waals surface area (Å²) in [5, 5.41) is 6.09. The van der Waals surface area contributed by atoms with E-state index in [1.807, 2.05) is 24.3 Å². The maximum Gasteiger partial charge on any atom is 0.270 e. The van der Waals surface area contributed by atoms with Crippen LogP contribution in [0.1, 0.15) is 35.3 Å². The Balaban J connectivity index is 1.37. The van der Waals surface area contributed by atoms with E-state index in [1.54, 1.807) is 18.5 Å². The van der Waals surface area contributed by atoms with Gasteiger partial charge in [0.2, 0.25) is 0 Å². The molecule has 0 bridgehead atoms. The van der Waals surface area contributed by atoms with Crippen molar-refractivity contribution in [3.8, 4) is 0 Å². The molecule has 1 aliphatic heterocycles. The molecule has 0 radical (unpaired) electrons. The van der Waals surface area contributed by atoms with Gasteiger partial charge in [0.05, 0.1) is 0 Å². The summed E-state index contributed by atoms with van der Waals surface area (Å²) in [6.45, 7) is 2.64. The van der Waals surface area contributed by atoms with Crippen LogP contribution in [0.3, 0.4) is 0 Å². The summed E-state index contributed by atoms with van der Waals surface area (Å²) in [6, 6.07) is 13.7. The van der Waals surface area contributed by atoms with Gasteiger partial charge in [-0.15, -0.1) is 0 Å². The van der Waals surface area contributed by atoms with E-state index in [1.165, 1.54) is 31.3 Å². The first-order valence-electron chi connectivity index (χ1n) is 9.89. The zero-order valence-corrected chi connectivity index (χ0v) is 16.2. The van der Waals surface area contributed by atoms with Gasteiger partial charge in [-0.2, -0.15) is 0 Å². The van der Waals surface area contributed by atoms with Crippen molar-refractivity contribution in [3.63, 3.8) is 0 Å². The lowest BCUT2D eigenvalue weighted by Crippen LogP contribution is -2.29. The summed E-state index contributed by atoms with van der Waals surface area (Å²) in [7, 11) is 0. The van der Waals surface area contributed by atoms with Gasteiger partial charge >= 0.3 is 0 Å². The van der Waals surface area contributed by atoms with Crippen LogP contribution in [-0.2, 0) is 6.54 Å². The van der Waals surface area contributed by atoms with Crippen LogP contribution < -0.4 is 15.5 Å². The molecular weight excluding hydrogens is 364 g/mol. The molecule has 1 saturated heterocycles. The highest BCUT2D eigenvalue weighted by Crippen LogP contribution is 2.23. The smallest absolute Gasteiger partial charge is 0.270 e. The molecule has 0 atom stereocenters. The lowest BCUT2D eigenvalue weighted by atomic mass is 10.1. The molecule has 7 nitrogen and oxygen atoms in total. The van der Waals surface area contributed by atoms with Gasteiger partial charge in [0.15, 0.2) is 0 Å². The average molecular weight is 388 g/mol. The zero-order valence-electron chi connectivity index (χ0n) is 16.2. The molecule has 4 rings (SSSR count). The maximum absolute atomic E-state index is 12.4. The molecule has 0 unspecified atom stereocenters. The number of carbonyl (C=O) groups is 1. The molecule has 1 amide bonds. The van der Waals surface area contributed by atoms with Gasteiger partial charge < -0.3 is 15.5 Å². The van der Waals surface area contributed by atoms with E-state index in [9.17, 15) is 4.79 Å². The SMILES string of the molecule is O=C(NCc1cccnc1)c1cc(Nc2ccc(N3CCCCC3)cc2)ncn1. The van der Waals surface area contributed by atoms with Crippen LogP contribution in [0.4, 0.5) is 17.2 Å². The third kappa shape index (κ3) is 5.07. The summed E-state index contributed by atoms with van der Waals surface area (Å²) in [6.07, 6.45) is 8.65. The highest BCUT2D eigenvalue weighted by atomic mass is 16.1. The van der Waals surface area contributed by atoms with Crippen LogP contribution in [-0.4, -0.2) is 33.9 Å². The molecule has 2 aromatic heterocycles. The quantitative estimate of drug-likeness (QED) is 0.672. The Labute approximate surface area is 170 Å². The number of anilines is 3. The van der Waals surface area contributed by atoms with Gasteiger partial charge in [-0.25, -0.2) is 9.97 Å². The number of aromatic nitrogens is 3. The largest absolute Gasteiger partial charge is 0.372 e. The van der Waals surface area contributed by atoms with Gasteiger partial charge in [0.25, 0.3) is 5.91 Å². The summed E-state index contributed by atoms with van der Waals surface area (Å²) in [5.74, 6) is 0.331. The Hall–Kier alpha value is -3.48. The zero-order chi connectivity index (χ0) is 19.9. The van der Waals surface area contributed by atoms with E-state index >= 15 is 0 Å². The molecule has 0 saturated carbocycles. The fourth-order valence-corrected chi connectivity index (χ4v) is 3.38. The van der Waals surface area contributed by atoms with Crippen molar-refractivity contribution in [3.05, 3.63) is 72.4 Å². The predicted molar refractivity (Wildman–Crippen MR) is 113 cm³/mol. The normalized spacial score (nSPS) is 13.7.